The first kappa shape index (κ1) is 15.3. The molecule has 114 valence electrons. The lowest BCUT2D eigenvalue weighted by molar-refractivity contribution is -0.149. The maximum Gasteiger partial charge on any atom is 0.307 e. The molecule has 5 heteroatoms. The quantitative estimate of drug-likeness (QED) is 0.851. The van der Waals surface area contributed by atoms with Crippen LogP contribution in [0.4, 0.5) is 0 Å². The van der Waals surface area contributed by atoms with E-state index in [1.807, 2.05) is 6.92 Å². The van der Waals surface area contributed by atoms with Crippen molar-refractivity contribution >= 4 is 11.9 Å². The molecule has 4 unspecified atom stereocenters. The third-order valence-corrected chi connectivity index (χ3v) is 4.60. The molecule has 0 spiro atoms. The van der Waals surface area contributed by atoms with Crippen molar-refractivity contribution in [3.05, 3.63) is 0 Å². The van der Waals surface area contributed by atoms with Gasteiger partial charge in [-0.15, -0.1) is 0 Å². The minimum atomic E-state index is -0.831. The van der Waals surface area contributed by atoms with E-state index in [0.29, 0.717) is 37.8 Å². The zero-order valence-electron chi connectivity index (χ0n) is 12.4. The molecule has 0 aromatic rings. The molecular formula is C15H25NO4. The fourth-order valence-corrected chi connectivity index (χ4v) is 3.55. The van der Waals surface area contributed by atoms with E-state index in [2.05, 4.69) is 0 Å². The number of hydrogen-bond acceptors (Lipinski definition) is 3. The molecule has 2 aliphatic rings. The number of carbonyl (C=O) groups excluding carboxylic acids is 1. The van der Waals surface area contributed by atoms with Gasteiger partial charge < -0.3 is 14.7 Å². The van der Waals surface area contributed by atoms with E-state index in [1.54, 1.807) is 11.9 Å². The Morgan fingerprint density at radius 1 is 1.30 bits per heavy atom. The Morgan fingerprint density at radius 2 is 2.00 bits per heavy atom. The fourth-order valence-electron chi connectivity index (χ4n) is 3.55. The average molecular weight is 283 g/mol. The molecular weight excluding hydrogens is 258 g/mol. The maximum atomic E-state index is 12.5. The van der Waals surface area contributed by atoms with Gasteiger partial charge in [0.15, 0.2) is 0 Å². The van der Waals surface area contributed by atoms with Crippen LogP contribution in [0.25, 0.3) is 0 Å². The standard InChI is InChI=1S/C15H25NO4/c1-10-6-12(13(7-10)15(18)19)14(17)16(2)8-11-4-3-5-20-9-11/h10-13H,3-9H2,1-2H3,(H,18,19). The Kier molecular flexibility index (Phi) is 5.02. The van der Waals surface area contributed by atoms with Crippen LogP contribution in [0.1, 0.15) is 32.6 Å². The minimum Gasteiger partial charge on any atom is -0.481 e. The summed E-state index contributed by atoms with van der Waals surface area (Å²) in [7, 11) is 1.79. The highest BCUT2D eigenvalue weighted by atomic mass is 16.5. The average Bonchev–Trinajstić information content (AvgIpc) is 2.81. The summed E-state index contributed by atoms with van der Waals surface area (Å²) in [5.74, 6) is -0.995. The lowest BCUT2D eigenvalue weighted by atomic mass is 9.94. The summed E-state index contributed by atoms with van der Waals surface area (Å²) in [6.07, 6.45) is 3.44. The normalized spacial score (nSPS) is 33.9. The largest absolute Gasteiger partial charge is 0.481 e. The van der Waals surface area contributed by atoms with Crippen LogP contribution >= 0.6 is 0 Å². The molecule has 1 N–H and O–H groups in total. The van der Waals surface area contributed by atoms with Gasteiger partial charge in [0.1, 0.15) is 0 Å². The molecule has 2 fully saturated rings. The van der Waals surface area contributed by atoms with Gasteiger partial charge in [-0.2, -0.15) is 0 Å². The third kappa shape index (κ3) is 3.51. The molecule has 20 heavy (non-hydrogen) atoms. The Hall–Kier alpha value is -1.10. The summed E-state index contributed by atoms with van der Waals surface area (Å²) in [6.45, 7) is 4.23. The van der Waals surface area contributed by atoms with Crippen LogP contribution in [0.2, 0.25) is 0 Å². The molecule has 1 saturated carbocycles. The molecule has 4 atom stereocenters. The Balaban J connectivity index is 1.93. The molecule has 0 aromatic carbocycles. The molecule has 2 rings (SSSR count). The van der Waals surface area contributed by atoms with Gasteiger partial charge in [-0.3, -0.25) is 9.59 Å². The lowest BCUT2D eigenvalue weighted by Crippen LogP contribution is -2.40. The van der Waals surface area contributed by atoms with Crippen LogP contribution in [0, 0.1) is 23.7 Å². The molecule has 0 bridgehead atoms. The van der Waals surface area contributed by atoms with E-state index >= 15 is 0 Å². The minimum absolute atomic E-state index is 0.00711. The van der Waals surface area contributed by atoms with Crippen LogP contribution in [0.5, 0.6) is 0 Å². The first-order valence-electron chi connectivity index (χ1n) is 7.54. The van der Waals surface area contributed by atoms with Gasteiger partial charge in [0.05, 0.1) is 18.4 Å². The monoisotopic (exact) mass is 283 g/mol. The van der Waals surface area contributed by atoms with Crippen LogP contribution in [-0.2, 0) is 14.3 Å². The zero-order chi connectivity index (χ0) is 14.7. The van der Waals surface area contributed by atoms with Crippen molar-refractivity contribution in [3.8, 4) is 0 Å². The molecule has 1 aliphatic carbocycles. The first-order valence-corrected chi connectivity index (χ1v) is 7.54. The fraction of sp³-hybridized carbons (Fsp3) is 0.867. The molecule has 0 radical (unpaired) electrons. The van der Waals surface area contributed by atoms with Crippen molar-refractivity contribution in [1.82, 2.24) is 4.90 Å². The van der Waals surface area contributed by atoms with Crippen molar-refractivity contribution in [2.45, 2.75) is 32.6 Å². The smallest absolute Gasteiger partial charge is 0.307 e. The van der Waals surface area contributed by atoms with Crippen LogP contribution in [-0.4, -0.2) is 48.7 Å². The third-order valence-electron chi connectivity index (χ3n) is 4.60. The van der Waals surface area contributed by atoms with Crippen molar-refractivity contribution in [1.29, 1.82) is 0 Å². The summed E-state index contributed by atoms with van der Waals surface area (Å²) in [5, 5.41) is 9.26. The van der Waals surface area contributed by atoms with Gasteiger partial charge in [-0.1, -0.05) is 6.92 Å². The predicted octanol–water partition coefficient (Wildman–Crippen LogP) is 1.62. The van der Waals surface area contributed by atoms with E-state index in [4.69, 9.17) is 4.74 Å². The summed E-state index contributed by atoms with van der Waals surface area (Å²) < 4.78 is 5.43. The highest BCUT2D eigenvalue weighted by Crippen LogP contribution is 2.37. The topological polar surface area (TPSA) is 66.8 Å². The molecule has 1 aliphatic heterocycles. The van der Waals surface area contributed by atoms with E-state index in [-0.39, 0.29) is 11.8 Å². The second-order valence-electron chi connectivity index (χ2n) is 6.43. The molecule has 1 amide bonds. The van der Waals surface area contributed by atoms with Crippen LogP contribution < -0.4 is 0 Å². The van der Waals surface area contributed by atoms with Gasteiger partial charge in [-0.25, -0.2) is 0 Å². The molecule has 5 nitrogen and oxygen atoms in total. The molecule has 1 heterocycles. The number of rotatable bonds is 4. The Labute approximate surface area is 120 Å². The van der Waals surface area contributed by atoms with Crippen molar-refractivity contribution < 1.29 is 19.4 Å². The van der Waals surface area contributed by atoms with E-state index in [9.17, 15) is 14.7 Å². The maximum absolute atomic E-state index is 12.5. The number of carboxylic acid groups (broad SMARTS) is 1. The molecule has 1 saturated heterocycles. The van der Waals surface area contributed by atoms with Gasteiger partial charge in [0, 0.05) is 20.2 Å². The Bertz CT molecular complexity index is 365. The number of carboxylic acids is 1. The summed E-state index contributed by atoms with van der Waals surface area (Å²) >= 11 is 0. The van der Waals surface area contributed by atoms with Crippen LogP contribution in [0.3, 0.4) is 0 Å². The van der Waals surface area contributed by atoms with Crippen LogP contribution in [0.15, 0.2) is 0 Å². The van der Waals surface area contributed by atoms with Gasteiger partial charge >= 0.3 is 5.97 Å². The van der Waals surface area contributed by atoms with Crippen molar-refractivity contribution in [2.75, 3.05) is 26.8 Å². The molecule has 0 aromatic heterocycles. The van der Waals surface area contributed by atoms with Gasteiger partial charge in [0.2, 0.25) is 5.91 Å². The highest BCUT2D eigenvalue weighted by molar-refractivity contribution is 5.85. The number of hydrogen-bond donors (Lipinski definition) is 1. The number of nitrogens with zero attached hydrogens (tertiary/aromatic N) is 1. The van der Waals surface area contributed by atoms with E-state index < -0.39 is 11.9 Å². The lowest BCUT2D eigenvalue weighted by Gasteiger charge is -2.29. The number of aliphatic carboxylic acids is 1. The first-order chi connectivity index (χ1) is 9.49. The van der Waals surface area contributed by atoms with Crippen molar-refractivity contribution in [3.63, 3.8) is 0 Å². The second kappa shape index (κ2) is 6.57. The summed E-state index contributed by atoms with van der Waals surface area (Å²) in [4.78, 5) is 25.5. The zero-order valence-corrected chi connectivity index (χ0v) is 12.4. The van der Waals surface area contributed by atoms with E-state index in [1.165, 1.54) is 0 Å². The van der Waals surface area contributed by atoms with Gasteiger partial charge in [0.25, 0.3) is 0 Å². The number of ether oxygens (including phenoxy) is 1. The second-order valence-corrected chi connectivity index (χ2v) is 6.43. The number of carbonyl (C=O) groups is 2. The van der Waals surface area contributed by atoms with Crippen molar-refractivity contribution in [2.24, 2.45) is 23.7 Å². The number of amides is 1. The summed E-state index contributed by atoms with van der Waals surface area (Å²) in [6, 6.07) is 0. The SMILES string of the molecule is CC1CC(C(=O)O)C(C(=O)N(C)CC2CCCOC2)C1. The predicted molar refractivity (Wildman–Crippen MR) is 74.2 cm³/mol. The summed E-state index contributed by atoms with van der Waals surface area (Å²) in [5.41, 5.74) is 0. The van der Waals surface area contributed by atoms with Gasteiger partial charge in [-0.05, 0) is 37.5 Å². The highest BCUT2D eigenvalue weighted by Gasteiger charge is 2.42. The Morgan fingerprint density at radius 3 is 2.60 bits per heavy atom. The van der Waals surface area contributed by atoms with E-state index in [0.717, 1.165) is 19.4 Å².